The molecular weight excluding hydrogens is 458 g/mol. The van der Waals surface area contributed by atoms with Crippen LogP contribution in [0.25, 0.3) is 11.1 Å². The van der Waals surface area contributed by atoms with Crippen LogP contribution in [0.4, 0.5) is 4.39 Å². The summed E-state index contributed by atoms with van der Waals surface area (Å²) in [6, 6.07) is 11.7. The van der Waals surface area contributed by atoms with Crippen molar-refractivity contribution < 1.29 is 28.5 Å². The Kier molecular flexibility index (Phi) is 7.89. The first kappa shape index (κ1) is 26.0. The molecule has 8 heteroatoms. The number of rotatable bonds is 9. The van der Waals surface area contributed by atoms with Gasteiger partial charge in [0.15, 0.2) is 5.41 Å². The molecule has 5 nitrogen and oxygen atoms in total. The third-order valence-corrected chi connectivity index (χ3v) is 6.22. The van der Waals surface area contributed by atoms with Gasteiger partial charge >= 0.3 is 11.9 Å². The van der Waals surface area contributed by atoms with Gasteiger partial charge in [-0.3, -0.25) is 9.59 Å². The SMILES string of the molecule is C=CCC1(C[C@@H](CB(C)O)Cc2ccc(-c3cc(Cl)ccc3F)cc2)C(=O)OC(C)(C)OC1=O. The van der Waals surface area contributed by atoms with E-state index in [0.717, 1.165) is 5.56 Å². The average molecular weight is 487 g/mol. The lowest BCUT2D eigenvalue weighted by atomic mass is 9.60. The smallest absolute Gasteiger partial charge is 0.327 e. The number of allylic oxidation sites excluding steroid dienone is 1. The molecule has 1 N–H and O–H groups in total. The molecule has 34 heavy (non-hydrogen) atoms. The second-order valence-electron chi connectivity index (χ2n) is 9.43. The Labute approximate surface area is 205 Å². The molecule has 1 aliphatic heterocycles. The van der Waals surface area contributed by atoms with Crippen LogP contribution in [0.5, 0.6) is 0 Å². The number of esters is 2. The predicted octanol–water partition coefficient (Wildman–Crippen LogP) is 5.71. The molecule has 2 aromatic carbocycles. The van der Waals surface area contributed by atoms with E-state index in [2.05, 4.69) is 6.58 Å². The molecule has 1 atom stereocenters. The minimum Gasteiger partial charge on any atom is -0.451 e. The molecule has 1 aliphatic rings. The fraction of sp³-hybridized carbons (Fsp3) is 0.385. The third-order valence-electron chi connectivity index (χ3n) is 5.98. The summed E-state index contributed by atoms with van der Waals surface area (Å²) in [5.41, 5.74) is 0.490. The Hall–Kier alpha value is -2.64. The summed E-state index contributed by atoms with van der Waals surface area (Å²) in [5.74, 6) is -3.21. The summed E-state index contributed by atoms with van der Waals surface area (Å²) in [7, 11) is 0. The molecule has 0 amide bonds. The fourth-order valence-corrected chi connectivity index (χ4v) is 4.67. The maximum absolute atomic E-state index is 14.2. The summed E-state index contributed by atoms with van der Waals surface area (Å²) < 4.78 is 25.1. The molecule has 3 rings (SSSR count). The number of hydrogen-bond donors (Lipinski definition) is 1. The first-order valence-corrected chi connectivity index (χ1v) is 11.6. The van der Waals surface area contributed by atoms with Gasteiger partial charge in [0.1, 0.15) is 5.82 Å². The highest BCUT2D eigenvalue weighted by Crippen LogP contribution is 2.42. The van der Waals surface area contributed by atoms with Gasteiger partial charge in [-0.25, -0.2) is 4.39 Å². The van der Waals surface area contributed by atoms with Crippen molar-refractivity contribution in [3.8, 4) is 11.1 Å². The Bertz CT molecular complexity index is 1050. The highest BCUT2D eigenvalue weighted by Gasteiger charge is 2.56. The van der Waals surface area contributed by atoms with Crippen LogP contribution in [-0.2, 0) is 25.5 Å². The predicted molar refractivity (Wildman–Crippen MR) is 131 cm³/mol. The van der Waals surface area contributed by atoms with Crippen molar-refractivity contribution in [1.82, 2.24) is 0 Å². The van der Waals surface area contributed by atoms with Gasteiger partial charge in [-0.1, -0.05) is 48.8 Å². The Morgan fingerprint density at radius 3 is 2.32 bits per heavy atom. The average Bonchev–Trinajstić information content (AvgIpc) is 2.73. The minimum atomic E-state index is -1.51. The molecule has 2 aromatic rings. The minimum absolute atomic E-state index is 0.0734. The van der Waals surface area contributed by atoms with Crippen LogP contribution in [0.1, 0.15) is 32.3 Å². The van der Waals surface area contributed by atoms with Gasteiger partial charge < -0.3 is 14.5 Å². The van der Waals surface area contributed by atoms with E-state index in [9.17, 15) is 19.0 Å². The topological polar surface area (TPSA) is 72.8 Å². The summed E-state index contributed by atoms with van der Waals surface area (Å²) in [5, 5.41) is 10.5. The van der Waals surface area contributed by atoms with E-state index in [1.165, 1.54) is 32.1 Å². The van der Waals surface area contributed by atoms with Crippen LogP contribution in [0.2, 0.25) is 18.2 Å². The van der Waals surface area contributed by atoms with Crippen LogP contribution >= 0.6 is 11.6 Å². The second kappa shape index (κ2) is 10.3. The van der Waals surface area contributed by atoms with Gasteiger partial charge in [0.25, 0.3) is 12.7 Å². The quantitative estimate of drug-likeness (QED) is 0.213. The summed E-state index contributed by atoms with van der Waals surface area (Å²) in [6.45, 7) is 7.75. The molecule has 180 valence electrons. The molecule has 0 aromatic heterocycles. The molecule has 0 saturated carbocycles. The Balaban J connectivity index is 1.86. The van der Waals surface area contributed by atoms with Crippen molar-refractivity contribution in [2.24, 2.45) is 11.3 Å². The van der Waals surface area contributed by atoms with Crippen LogP contribution in [-0.4, -0.2) is 29.7 Å². The van der Waals surface area contributed by atoms with Crippen molar-refractivity contribution in [2.75, 3.05) is 0 Å². The molecule has 0 unspecified atom stereocenters. The van der Waals surface area contributed by atoms with E-state index in [4.69, 9.17) is 21.1 Å². The van der Waals surface area contributed by atoms with Crippen LogP contribution in [0, 0.1) is 17.2 Å². The first-order chi connectivity index (χ1) is 16.0. The Morgan fingerprint density at radius 2 is 1.76 bits per heavy atom. The third kappa shape index (κ3) is 5.88. The standard InChI is InChI=1S/C26H29BClFO5/c1-5-12-26(23(30)33-25(2,3)34-24(26)31)15-18(16-27(4)32)13-17-6-8-19(9-7-17)21-14-20(28)10-11-22(21)29/h5-11,14,18,32H,1,12-13,15-16H2,2-4H3/t18-/m0/s1. The largest absolute Gasteiger partial charge is 0.451 e. The molecule has 1 fully saturated rings. The zero-order valence-corrected chi connectivity index (χ0v) is 20.4. The van der Waals surface area contributed by atoms with Crippen molar-refractivity contribution in [2.45, 2.75) is 52.0 Å². The van der Waals surface area contributed by atoms with E-state index < -0.39 is 30.1 Å². The number of carbonyl (C=O) groups is 2. The zero-order valence-electron chi connectivity index (χ0n) is 19.6. The lowest BCUT2D eigenvalue weighted by molar-refractivity contribution is -0.252. The molecule has 1 saturated heterocycles. The number of halogens is 2. The molecular formula is C26H29BClFO5. The highest BCUT2D eigenvalue weighted by atomic mass is 35.5. The van der Waals surface area contributed by atoms with E-state index in [1.54, 1.807) is 25.0 Å². The van der Waals surface area contributed by atoms with Gasteiger partial charge in [0, 0.05) is 24.4 Å². The highest BCUT2D eigenvalue weighted by molar-refractivity contribution is 6.48. The van der Waals surface area contributed by atoms with Crippen molar-refractivity contribution in [1.29, 1.82) is 0 Å². The molecule has 0 bridgehead atoms. The number of carbonyl (C=O) groups excluding carboxylic acids is 2. The van der Waals surface area contributed by atoms with E-state index >= 15 is 0 Å². The van der Waals surface area contributed by atoms with Crippen LogP contribution < -0.4 is 0 Å². The maximum Gasteiger partial charge on any atom is 0.327 e. The van der Waals surface area contributed by atoms with Gasteiger partial charge in [-0.05, 0) is 60.8 Å². The molecule has 0 spiro atoms. The molecule has 0 radical (unpaired) electrons. The first-order valence-electron chi connectivity index (χ1n) is 11.3. The van der Waals surface area contributed by atoms with E-state index in [1.807, 2.05) is 12.1 Å². The molecule has 0 aliphatic carbocycles. The van der Waals surface area contributed by atoms with Crippen molar-refractivity contribution in [3.63, 3.8) is 0 Å². The van der Waals surface area contributed by atoms with Gasteiger partial charge in [-0.2, -0.15) is 0 Å². The second-order valence-corrected chi connectivity index (χ2v) is 9.87. The summed E-state index contributed by atoms with van der Waals surface area (Å²) in [4.78, 5) is 26.0. The van der Waals surface area contributed by atoms with Gasteiger partial charge in [0.05, 0.1) is 0 Å². The van der Waals surface area contributed by atoms with Gasteiger partial charge in [0.2, 0.25) is 0 Å². The number of benzene rings is 2. The number of cyclic esters (lactones) is 2. The van der Waals surface area contributed by atoms with Crippen molar-refractivity contribution >= 4 is 30.5 Å². The van der Waals surface area contributed by atoms with Crippen LogP contribution in [0.3, 0.4) is 0 Å². The summed E-state index contributed by atoms with van der Waals surface area (Å²) >= 11 is 6.01. The van der Waals surface area contributed by atoms with Crippen molar-refractivity contribution in [3.05, 3.63) is 71.5 Å². The lowest BCUT2D eigenvalue weighted by Gasteiger charge is -2.41. The normalized spacial score (nSPS) is 17.5. The monoisotopic (exact) mass is 486 g/mol. The van der Waals surface area contributed by atoms with Crippen LogP contribution in [0.15, 0.2) is 55.1 Å². The maximum atomic E-state index is 14.2. The van der Waals surface area contributed by atoms with Gasteiger partial charge in [-0.15, -0.1) is 6.58 Å². The molecule has 1 heterocycles. The summed E-state index contributed by atoms with van der Waals surface area (Å²) in [6.07, 6.45) is 2.58. The number of hydrogen-bond acceptors (Lipinski definition) is 5. The zero-order chi connectivity index (χ0) is 25.1. The van der Waals surface area contributed by atoms with E-state index in [-0.39, 0.29) is 24.6 Å². The number of ether oxygens (including phenoxy) is 2. The lowest BCUT2D eigenvalue weighted by Crippen LogP contribution is -2.54. The fourth-order valence-electron chi connectivity index (χ4n) is 4.50. The van der Waals surface area contributed by atoms with E-state index in [0.29, 0.717) is 28.9 Å². The Morgan fingerprint density at radius 1 is 1.15 bits per heavy atom.